The van der Waals surface area contributed by atoms with E-state index in [1.165, 1.54) is 17.0 Å². The fourth-order valence-corrected chi connectivity index (χ4v) is 3.82. The predicted molar refractivity (Wildman–Crippen MR) is 97.9 cm³/mol. The van der Waals surface area contributed by atoms with Crippen molar-refractivity contribution in [2.75, 3.05) is 13.7 Å². The highest BCUT2D eigenvalue weighted by Crippen LogP contribution is 2.31. The lowest BCUT2D eigenvalue weighted by Crippen LogP contribution is -2.34. The van der Waals surface area contributed by atoms with Gasteiger partial charge in [-0.2, -0.15) is 5.10 Å². The molecule has 0 amide bonds. The number of hydrogen-bond acceptors (Lipinski definition) is 5. The molecule has 0 saturated heterocycles. The molecule has 1 N–H and O–H groups in total. The van der Waals surface area contributed by atoms with E-state index >= 15 is 0 Å². The third kappa shape index (κ3) is 3.22. The minimum absolute atomic E-state index is 0.367. The molecule has 3 aromatic rings. The molecule has 26 heavy (non-hydrogen) atoms. The molecule has 2 aromatic heterocycles. The molecule has 1 unspecified atom stereocenters. The number of rotatable bonds is 6. The highest BCUT2D eigenvalue weighted by atomic mass is 16.5. The first-order chi connectivity index (χ1) is 12.8. The van der Waals surface area contributed by atoms with E-state index in [0.717, 1.165) is 37.2 Å². The predicted octanol–water partition coefficient (Wildman–Crippen LogP) is 2.57. The lowest BCUT2D eigenvalue weighted by molar-refractivity contribution is 0.167. The Morgan fingerprint density at radius 2 is 2.23 bits per heavy atom. The van der Waals surface area contributed by atoms with E-state index in [-0.39, 0.29) is 0 Å². The fraction of sp³-hybridized carbons (Fsp3) is 0.421. The number of H-pyrrole nitrogens is 1. The van der Waals surface area contributed by atoms with Crippen molar-refractivity contribution >= 4 is 0 Å². The van der Waals surface area contributed by atoms with E-state index in [9.17, 15) is 0 Å². The third-order valence-electron chi connectivity index (χ3n) is 5.07. The first-order valence-electron chi connectivity index (χ1n) is 9.03. The Labute approximate surface area is 153 Å². The molecule has 1 atom stereocenters. The second-order valence-corrected chi connectivity index (χ2v) is 6.65. The van der Waals surface area contributed by atoms with Gasteiger partial charge in [0.1, 0.15) is 18.4 Å². The quantitative estimate of drug-likeness (QED) is 0.738. The molecule has 0 spiro atoms. The van der Waals surface area contributed by atoms with Crippen LogP contribution in [-0.4, -0.2) is 43.3 Å². The van der Waals surface area contributed by atoms with Crippen molar-refractivity contribution < 1.29 is 4.74 Å². The average Bonchev–Trinajstić information content (AvgIpc) is 3.33. The minimum atomic E-state index is 0.367. The van der Waals surface area contributed by atoms with Gasteiger partial charge in [0.15, 0.2) is 0 Å². The van der Waals surface area contributed by atoms with E-state index in [0.29, 0.717) is 12.6 Å². The van der Waals surface area contributed by atoms with E-state index in [1.807, 2.05) is 17.1 Å². The molecule has 136 valence electrons. The molecule has 1 aromatic carbocycles. The van der Waals surface area contributed by atoms with Crippen LogP contribution >= 0.6 is 0 Å². The molecule has 0 aliphatic carbocycles. The van der Waals surface area contributed by atoms with Gasteiger partial charge in [-0.3, -0.25) is 4.90 Å². The second-order valence-electron chi connectivity index (χ2n) is 6.65. The van der Waals surface area contributed by atoms with Crippen LogP contribution in [-0.2, 0) is 19.5 Å². The second kappa shape index (κ2) is 7.29. The average molecular weight is 352 g/mol. The Kier molecular flexibility index (Phi) is 4.71. The van der Waals surface area contributed by atoms with Gasteiger partial charge in [0, 0.05) is 30.8 Å². The number of fused-ring (bicyclic) bond motifs is 1. The van der Waals surface area contributed by atoms with Gasteiger partial charge in [0.2, 0.25) is 0 Å². The van der Waals surface area contributed by atoms with Gasteiger partial charge < -0.3 is 9.72 Å². The summed E-state index contributed by atoms with van der Waals surface area (Å²) >= 11 is 0. The summed E-state index contributed by atoms with van der Waals surface area (Å²) in [7, 11) is 1.71. The molecular formula is C19H24N6O. The number of ether oxygens (including phenoxy) is 1. The van der Waals surface area contributed by atoms with Crippen molar-refractivity contribution in [1.82, 2.24) is 29.6 Å². The van der Waals surface area contributed by atoms with Gasteiger partial charge in [-0.1, -0.05) is 13.0 Å². The van der Waals surface area contributed by atoms with Gasteiger partial charge in [-0.05, 0) is 24.1 Å². The monoisotopic (exact) mass is 352 g/mol. The molecular weight excluding hydrogens is 328 g/mol. The summed E-state index contributed by atoms with van der Waals surface area (Å²) in [5, 5.41) is 4.20. The van der Waals surface area contributed by atoms with Crippen LogP contribution in [0.2, 0.25) is 0 Å². The maximum Gasteiger partial charge on any atom is 0.137 e. The van der Waals surface area contributed by atoms with Crippen LogP contribution < -0.4 is 4.74 Å². The standard InChI is InChI=1S/C19H24N6O/c1-3-17-19-16(21-12-22-19)6-7-24(17)9-14-4-5-18(26-2)15(8-14)10-25-13-20-11-23-25/h4-5,8,11-13,17H,3,6-7,9-10H2,1-2H3,(H,21,22). The van der Waals surface area contributed by atoms with Crippen LogP contribution in [0, 0.1) is 0 Å². The Morgan fingerprint density at radius 3 is 3.00 bits per heavy atom. The summed E-state index contributed by atoms with van der Waals surface area (Å²) in [6, 6.07) is 6.78. The van der Waals surface area contributed by atoms with Crippen LogP contribution in [0.1, 0.15) is 41.9 Å². The van der Waals surface area contributed by atoms with Gasteiger partial charge in [0.05, 0.1) is 31.7 Å². The van der Waals surface area contributed by atoms with Crippen molar-refractivity contribution in [1.29, 1.82) is 0 Å². The normalized spacial score (nSPS) is 17.2. The van der Waals surface area contributed by atoms with E-state index in [1.54, 1.807) is 19.8 Å². The first-order valence-corrected chi connectivity index (χ1v) is 9.03. The highest BCUT2D eigenvalue weighted by Gasteiger charge is 2.28. The van der Waals surface area contributed by atoms with Crippen molar-refractivity contribution in [3.63, 3.8) is 0 Å². The summed E-state index contributed by atoms with van der Waals surface area (Å²) < 4.78 is 7.34. The van der Waals surface area contributed by atoms with Crippen LogP contribution in [0.5, 0.6) is 5.75 Å². The Hall–Kier alpha value is -2.67. The van der Waals surface area contributed by atoms with Crippen molar-refractivity contribution in [2.45, 2.75) is 38.9 Å². The number of methoxy groups -OCH3 is 1. The third-order valence-corrected chi connectivity index (χ3v) is 5.07. The zero-order valence-electron chi connectivity index (χ0n) is 15.2. The molecule has 3 heterocycles. The number of nitrogens with zero attached hydrogens (tertiary/aromatic N) is 5. The smallest absolute Gasteiger partial charge is 0.137 e. The molecule has 7 heteroatoms. The number of aromatic amines is 1. The van der Waals surface area contributed by atoms with Crippen molar-refractivity contribution in [3.8, 4) is 5.75 Å². The Morgan fingerprint density at radius 1 is 1.31 bits per heavy atom. The molecule has 1 aliphatic heterocycles. The SMILES string of the molecule is CCC1c2nc[nH]c2CCN1Cc1ccc(OC)c(Cn2cncn2)c1. The van der Waals surface area contributed by atoms with E-state index in [4.69, 9.17) is 4.74 Å². The minimum Gasteiger partial charge on any atom is -0.496 e. The van der Waals surface area contributed by atoms with E-state index in [2.05, 4.69) is 44.0 Å². The van der Waals surface area contributed by atoms with Crippen LogP contribution in [0.4, 0.5) is 0 Å². The summed E-state index contributed by atoms with van der Waals surface area (Å²) in [4.78, 5) is 14.4. The van der Waals surface area contributed by atoms with Gasteiger partial charge in [-0.15, -0.1) is 0 Å². The first kappa shape index (κ1) is 16.8. The van der Waals surface area contributed by atoms with Crippen LogP contribution in [0.25, 0.3) is 0 Å². The number of benzene rings is 1. The maximum atomic E-state index is 5.53. The molecule has 7 nitrogen and oxygen atoms in total. The molecule has 0 fully saturated rings. The summed E-state index contributed by atoms with van der Waals surface area (Å²) in [6.45, 7) is 4.82. The lowest BCUT2D eigenvalue weighted by atomic mass is 9.99. The summed E-state index contributed by atoms with van der Waals surface area (Å²) in [5.74, 6) is 0.879. The zero-order chi connectivity index (χ0) is 17.9. The molecule has 0 radical (unpaired) electrons. The Bertz CT molecular complexity index is 857. The molecule has 4 rings (SSSR count). The fourth-order valence-electron chi connectivity index (χ4n) is 3.82. The largest absolute Gasteiger partial charge is 0.496 e. The lowest BCUT2D eigenvalue weighted by Gasteiger charge is -2.34. The van der Waals surface area contributed by atoms with E-state index < -0.39 is 0 Å². The zero-order valence-corrected chi connectivity index (χ0v) is 15.2. The van der Waals surface area contributed by atoms with Gasteiger partial charge in [-0.25, -0.2) is 14.6 Å². The number of imidazole rings is 1. The van der Waals surface area contributed by atoms with Crippen LogP contribution in [0.3, 0.4) is 0 Å². The topological polar surface area (TPSA) is 71.9 Å². The number of nitrogens with one attached hydrogen (secondary N) is 1. The van der Waals surface area contributed by atoms with Crippen molar-refractivity contribution in [3.05, 3.63) is 59.7 Å². The number of aromatic nitrogens is 5. The molecule has 0 saturated carbocycles. The summed E-state index contributed by atoms with van der Waals surface area (Å²) in [6.07, 6.45) is 7.17. The molecule has 1 aliphatic rings. The molecule has 0 bridgehead atoms. The maximum absolute atomic E-state index is 5.53. The summed E-state index contributed by atoms with van der Waals surface area (Å²) in [5.41, 5.74) is 4.88. The Balaban J connectivity index is 1.56. The van der Waals surface area contributed by atoms with Crippen molar-refractivity contribution in [2.24, 2.45) is 0 Å². The van der Waals surface area contributed by atoms with Gasteiger partial charge >= 0.3 is 0 Å². The highest BCUT2D eigenvalue weighted by molar-refractivity contribution is 5.37. The number of hydrogen-bond donors (Lipinski definition) is 1. The van der Waals surface area contributed by atoms with Gasteiger partial charge in [0.25, 0.3) is 0 Å². The van der Waals surface area contributed by atoms with Crippen LogP contribution in [0.15, 0.2) is 37.2 Å².